The summed E-state index contributed by atoms with van der Waals surface area (Å²) in [5.74, 6) is 0.354. The van der Waals surface area contributed by atoms with Crippen LogP contribution in [0, 0.1) is 0 Å². The van der Waals surface area contributed by atoms with E-state index in [2.05, 4.69) is 20.3 Å². The average molecular weight is 490 g/mol. The van der Waals surface area contributed by atoms with Crippen molar-refractivity contribution in [2.24, 2.45) is 0 Å². The van der Waals surface area contributed by atoms with Gasteiger partial charge in [0.15, 0.2) is 5.82 Å². The molecular formula is C23H29F2N7O3. The average Bonchev–Trinajstić information content (AvgIpc) is 3.27. The molecule has 0 spiro atoms. The molecule has 0 saturated carbocycles. The number of fused-ring (bicyclic) bond motifs is 1. The number of morpholine rings is 1. The van der Waals surface area contributed by atoms with Crippen molar-refractivity contribution in [2.45, 2.75) is 19.4 Å². The zero-order valence-corrected chi connectivity index (χ0v) is 19.9. The van der Waals surface area contributed by atoms with Crippen LogP contribution in [0.4, 0.5) is 20.5 Å². The molecular weight excluding hydrogens is 460 g/mol. The smallest absolute Gasteiger partial charge is 0.296 e. The maximum Gasteiger partial charge on any atom is 0.296 e. The van der Waals surface area contributed by atoms with E-state index in [4.69, 9.17) is 9.47 Å². The number of methoxy groups -OCH3 is 1. The van der Waals surface area contributed by atoms with Crippen LogP contribution in [-0.2, 0) is 14.3 Å². The fourth-order valence-corrected chi connectivity index (χ4v) is 3.91. The summed E-state index contributed by atoms with van der Waals surface area (Å²) in [7, 11) is 3.25. The number of aromatic nitrogens is 4. The van der Waals surface area contributed by atoms with Crippen LogP contribution in [0.15, 0.2) is 30.3 Å². The number of carbonyl (C=O) groups excluding carboxylic acids is 1. The highest BCUT2D eigenvalue weighted by molar-refractivity contribution is 5.83. The van der Waals surface area contributed by atoms with E-state index in [1.807, 2.05) is 4.90 Å². The van der Waals surface area contributed by atoms with Crippen molar-refractivity contribution in [3.63, 3.8) is 0 Å². The molecule has 1 amide bonds. The Morgan fingerprint density at radius 3 is 2.63 bits per heavy atom. The van der Waals surface area contributed by atoms with Crippen molar-refractivity contribution in [1.29, 1.82) is 0 Å². The van der Waals surface area contributed by atoms with Crippen LogP contribution in [0.5, 0.6) is 0 Å². The van der Waals surface area contributed by atoms with E-state index in [0.29, 0.717) is 56.3 Å². The topological polar surface area (TPSA) is 97.6 Å². The number of likely N-dealkylation sites (N-methyl/N-ethyl adjacent to an activating group) is 1. The third kappa shape index (κ3) is 5.49. The molecule has 3 heterocycles. The van der Waals surface area contributed by atoms with Gasteiger partial charge in [0, 0.05) is 39.9 Å². The van der Waals surface area contributed by atoms with Crippen LogP contribution in [0.2, 0.25) is 0 Å². The van der Waals surface area contributed by atoms with Crippen LogP contribution in [0.3, 0.4) is 0 Å². The lowest BCUT2D eigenvalue weighted by Gasteiger charge is -2.29. The maximum atomic E-state index is 14.0. The zero-order chi connectivity index (χ0) is 24.9. The maximum absolute atomic E-state index is 14.0. The van der Waals surface area contributed by atoms with Gasteiger partial charge in [0.25, 0.3) is 6.43 Å². The number of anilines is 2. The molecule has 0 radical (unpaired) electrons. The van der Waals surface area contributed by atoms with Crippen LogP contribution in [0.1, 0.15) is 19.2 Å². The van der Waals surface area contributed by atoms with Gasteiger partial charge in [-0.25, -0.2) is 13.8 Å². The van der Waals surface area contributed by atoms with E-state index >= 15 is 0 Å². The minimum Gasteiger partial charge on any atom is -0.383 e. The summed E-state index contributed by atoms with van der Waals surface area (Å²) in [5.41, 5.74) is 0.941. The zero-order valence-electron chi connectivity index (χ0n) is 19.9. The predicted octanol–water partition coefficient (Wildman–Crippen LogP) is 2.49. The molecule has 12 heteroatoms. The second-order valence-electron chi connectivity index (χ2n) is 8.22. The lowest BCUT2D eigenvalue weighted by Crippen LogP contribution is -2.41. The highest BCUT2D eigenvalue weighted by atomic mass is 19.3. The molecule has 0 bridgehead atoms. The predicted molar refractivity (Wildman–Crippen MR) is 127 cm³/mol. The minimum atomic E-state index is -2.81. The molecule has 0 unspecified atom stereocenters. The fourth-order valence-electron chi connectivity index (χ4n) is 3.91. The van der Waals surface area contributed by atoms with E-state index in [1.54, 1.807) is 56.3 Å². The second-order valence-corrected chi connectivity index (χ2v) is 8.22. The number of imidazole rings is 1. The molecule has 3 aromatic rings. The van der Waals surface area contributed by atoms with Crippen molar-refractivity contribution in [2.75, 3.05) is 63.8 Å². The molecule has 1 aliphatic rings. The van der Waals surface area contributed by atoms with Crippen molar-refractivity contribution in [1.82, 2.24) is 24.4 Å². The number of halogens is 2. The second kappa shape index (κ2) is 10.9. The van der Waals surface area contributed by atoms with Gasteiger partial charge in [-0.2, -0.15) is 9.97 Å². The van der Waals surface area contributed by atoms with Gasteiger partial charge in [0.2, 0.25) is 11.9 Å². The quantitative estimate of drug-likeness (QED) is 0.490. The van der Waals surface area contributed by atoms with Gasteiger partial charge in [-0.3, -0.25) is 9.36 Å². The number of nitrogens with one attached hydrogen (secondary N) is 1. The van der Waals surface area contributed by atoms with E-state index in [1.165, 1.54) is 4.57 Å². The first-order valence-corrected chi connectivity index (χ1v) is 11.4. The Balaban J connectivity index is 1.75. The van der Waals surface area contributed by atoms with Crippen molar-refractivity contribution in [3.8, 4) is 5.82 Å². The molecule has 1 saturated heterocycles. The fraction of sp³-hybridized carbons (Fsp3) is 0.478. The van der Waals surface area contributed by atoms with Gasteiger partial charge < -0.3 is 24.6 Å². The van der Waals surface area contributed by atoms with Crippen molar-refractivity contribution < 1.29 is 23.0 Å². The largest absolute Gasteiger partial charge is 0.383 e. The van der Waals surface area contributed by atoms with Crippen LogP contribution in [0.25, 0.3) is 16.9 Å². The van der Waals surface area contributed by atoms with Gasteiger partial charge in [0.05, 0.1) is 30.9 Å². The van der Waals surface area contributed by atoms with Gasteiger partial charge in [0.1, 0.15) is 17.7 Å². The summed E-state index contributed by atoms with van der Waals surface area (Å²) in [6.45, 7) is 4.78. The molecule has 0 aliphatic carbocycles. The summed E-state index contributed by atoms with van der Waals surface area (Å²) < 4.78 is 39.8. The van der Waals surface area contributed by atoms with Crippen LogP contribution >= 0.6 is 0 Å². The van der Waals surface area contributed by atoms with Gasteiger partial charge in [-0.05, 0) is 19.1 Å². The molecule has 1 atom stereocenters. The molecule has 1 fully saturated rings. The minimum absolute atomic E-state index is 0.156. The van der Waals surface area contributed by atoms with Gasteiger partial charge in [-0.1, -0.05) is 12.1 Å². The van der Waals surface area contributed by atoms with Gasteiger partial charge >= 0.3 is 0 Å². The third-order valence-corrected chi connectivity index (χ3v) is 5.77. The molecule has 10 nitrogen and oxygen atoms in total. The lowest BCUT2D eigenvalue weighted by atomic mass is 10.3. The van der Waals surface area contributed by atoms with E-state index < -0.39 is 18.3 Å². The number of nitrogens with zero attached hydrogens (tertiary/aromatic N) is 6. The van der Waals surface area contributed by atoms with Gasteiger partial charge in [-0.15, -0.1) is 0 Å². The first-order valence-electron chi connectivity index (χ1n) is 11.4. The number of carbonyl (C=O) groups is 1. The molecule has 188 valence electrons. The Labute approximate surface area is 201 Å². The standard InChI is InChI=1S/C23H29F2N7O3/c1-15(22(33)30(2)8-11-34-3)26-23-28-18(31-9-12-35-13-10-31)14-19(29-23)32-17-7-5-4-6-16(17)27-21(32)20(24)25/h4-7,14-15,20H,8-13H2,1-3H3,(H,26,28,29)/t15-/m0/s1. The number of hydrogen-bond donors (Lipinski definition) is 1. The summed E-state index contributed by atoms with van der Waals surface area (Å²) in [4.78, 5) is 29.6. The number of ether oxygens (including phenoxy) is 2. The molecule has 35 heavy (non-hydrogen) atoms. The Bertz CT molecular complexity index is 1170. The lowest BCUT2D eigenvalue weighted by molar-refractivity contribution is -0.130. The number of benzene rings is 1. The van der Waals surface area contributed by atoms with E-state index in [-0.39, 0.29) is 17.7 Å². The van der Waals surface area contributed by atoms with Crippen molar-refractivity contribution >= 4 is 28.7 Å². The first kappa shape index (κ1) is 24.7. The van der Waals surface area contributed by atoms with Crippen LogP contribution in [-0.4, -0.2) is 90.0 Å². The molecule has 1 aromatic carbocycles. The number of rotatable bonds is 9. The van der Waals surface area contributed by atoms with E-state index in [9.17, 15) is 13.6 Å². The third-order valence-electron chi connectivity index (χ3n) is 5.77. The first-order chi connectivity index (χ1) is 16.9. The molecule has 2 aromatic heterocycles. The number of alkyl halides is 2. The number of amides is 1. The Morgan fingerprint density at radius 2 is 1.91 bits per heavy atom. The normalized spacial score (nSPS) is 15.0. The SMILES string of the molecule is COCCN(C)C(=O)[C@H](C)Nc1nc(N2CCOCC2)cc(-n2c(C(F)F)nc3ccccc32)n1. The highest BCUT2D eigenvalue weighted by Crippen LogP contribution is 2.29. The molecule has 1 N–H and O–H groups in total. The molecule has 4 rings (SSSR count). The van der Waals surface area contributed by atoms with Crippen molar-refractivity contribution in [3.05, 3.63) is 36.2 Å². The monoisotopic (exact) mass is 489 g/mol. The number of para-hydroxylation sites is 2. The summed E-state index contributed by atoms with van der Waals surface area (Å²) in [5, 5.41) is 3.04. The Morgan fingerprint density at radius 1 is 1.20 bits per heavy atom. The highest BCUT2D eigenvalue weighted by Gasteiger charge is 2.24. The van der Waals surface area contributed by atoms with E-state index in [0.717, 1.165) is 0 Å². The Hall–Kier alpha value is -3.38. The summed E-state index contributed by atoms with van der Waals surface area (Å²) >= 11 is 0. The number of hydrogen-bond acceptors (Lipinski definition) is 8. The Kier molecular flexibility index (Phi) is 7.71. The van der Waals surface area contributed by atoms with Crippen LogP contribution < -0.4 is 10.2 Å². The molecule has 1 aliphatic heterocycles. The summed E-state index contributed by atoms with van der Waals surface area (Å²) in [6, 6.07) is 7.91. The summed E-state index contributed by atoms with van der Waals surface area (Å²) in [6.07, 6.45) is -2.81.